The number of ketones is 1. The van der Waals surface area contributed by atoms with Crippen molar-refractivity contribution in [3.05, 3.63) is 0 Å². The fraction of sp³-hybridized carbons (Fsp3) is 0.846. The molecule has 0 aromatic rings. The van der Waals surface area contributed by atoms with Gasteiger partial charge in [-0.05, 0) is 23.7 Å². The van der Waals surface area contributed by atoms with Gasteiger partial charge in [0.1, 0.15) is 0 Å². The molecule has 4 heteroatoms. The van der Waals surface area contributed by atoms with Crippen LogP contribution in [0, 0.1) is 17.3 Å². The van der Waals surface area contributed by atoms with Gasteiger partial charge in [-0.3, -0.25) is 9.59 Å². The quantitative estimate of drug-likeness (QED) is 0.724. The molecular formula is C13H22N2O2. The summed E-state index contributed by atoms with van der Waals surface area (Å²) in [5, 5.41) is 0. The Morgan fingerprint density at radius 2 is 2.06 bits per heavy atom. The summed E-state index contributed by atoms with van der Waals surface area (Å²) >= 11 is 0. The smallest absolute Gasteiger partial charge is 0.230 e. The Morgan fingerprint density at radius 3 is 2.47 bits per heavy atom. The van der Waals surface area contributed by atoms with Gasteiger partial charge in [-0.15, -0.1) is 0 Å². The average Bonchev–Trinajstić information content (AvgIpc) is 2.59. The third kappa shape index (κ3) is 2.23. The molecule has 2 aliphatic rings. The molecule has 2 N–H and O–H groups in total. The molecule has 0 spiro atoms. The normalized spacial score (nSPS) is 36.9. The number of hydrogen-bond donors (Lipinski definition) is 1. The monoisotopic (exact) mass is 238 g/mol. The van der Waals surface area contributed by atoms with E-state index in [0.29, 0.717) is 18.4 Å². The molecule has 4 nitrogen and oxygen atoms in total. The molecule has 3 unspecified atom stereocenters. The first-order chi connectivity index (χ1) is 7.81. The average molecular weight is 238 g/mol. The van der Waals surface area contributed by atoms with E-state index in [-0.39, 0.29) is 36.1 Å². The lowest BCUT2D eigenvalue weighted by Crippen LogP contribution is -2.43. The van der Waals surface area contributed by atoms with Crippen LogP contribution in [0.5, 0.6) is 0 Å². The third-order valence-corrected chi connectivity index (χ3v) is 4.46. The molecule has 0 radical (unpaired) electrons. The largest absolute Gasteiger partial charge is 0.335 e. The highest BCUT2D eigenvalue weighted by atomic mass is 16.2. The van der Waals surface area contributed by atoms with Gasteiger partial charge in [0.2, 0.25) is 5.91 Å². The van der Waals surface area contributed by atoms with Gasteiger partial charge >= 0.3 is 0 Å². The van der Waals surface area contributed by atoms with Crippen LogP contribution in [-0.2, 0) is 9.59 Å². The first-order valence-electron chi connectivity index (χ1n) is 6.36. The van der Waals surface area contributed by atoms with Crippen LogP contribution in [0.3, 0.4) is 0 Å². The van der Waals surface area contributed by atoms with Gasteiger partial charge in [0.25, 0.3) is 0 Å². The minimum Gasteiger partial charge on any atom is -0.335 e. The van der Waals surface area contributed by atoms with Gasteiger partial charge in [0.15, 0.2) is 5.78 Å². The van der Waals surface area contributed by atoms with Crippen molar-refractivity contribution >= 4 is 11.7 Å². The second kappa shape index (κ2) is 4.09. The van der Waals surface area contributed by atoms with Crippen molar-refractivity contribution in [1.82, 2.24) is 4.90 Å². The number of carbonyl (C=O) groups excluding carboxylic acids is 2. The third-order valence-electron chi connectivity index (χ3n) is 4.46. The Hall–Kier alpha value is -0.900. The van der Waals surface area contributed by atoms with Gasteiger partial charge in [-0.25, -0.2) is 0 Å². The maximum Gasteiger partial charge on any atom is 0.230 e. The second-order valence-corrected chi connectivity index (χ2v) is 6.34. The van der Waals surface area contributed by atoms with Crippen LogP contribution in [0.1, 0.15) is 33.6 Å². The maximum atomic E-state index is 11.6. The van der Waals surface area contributed by atoms with E-state index >= 15 is 0 Å². The molecule has 17 heavy (non-hydrogen) atoms. The van der Waals surface area contributed by atoms with Crippen molar-refractivity contribution in [2.24, 2.45) is 23.0 Å². The minimum atomic E-state index is -0.0300. The molecule has 1 heterocycles. The summed E-state index contributed by atoms with van der Waals surface area (Å²) in [6, 6.07) is 0.133. The van der Waals surface area contributed by atoms with Gasteiger partial charge in [0.05, 0.1) is 13.0 Å². The summed E-state index contributed by atoms with van der Waals surface area (Å²) in [5.41, 5.74) is 6.39. The van der Waals surface area contributed by atoms with Crippen LogP contribution >= 0.6 is 0 Å². The molecule has 0 aromatic heterocycles. The van der Waals surface area contributed by atoms with E-state index in [1.54, 1.807) is 4.90 Å². The molecule has 2 rings (SSSR count). The van der Waals surface area contributed by atoms with E-state index in [0.717, 1.165) is 6.42 Å². The van der Waals surface area contributed by atoms with Crippen molar-refractivity contribution in [2.75, 3.05) is 13.1 Å². The second-order valence-electron chi connectivity index (χ2n) is 6.34. The fourth-order valence-corrected chi connectivity index (χ4v) is 3.44. The zero-order valence-corrected chi connectivity index (χ0v) is 10.9. The van der Waals surface area contributed by atoms with E-state index in [1.165, 1.54) is 0 Å². The molecule has 1 saturated carbocycles. The molecule has 0 bridgehead atoms. The Kier molecular flexibility index (Phi) is 3.02. The van der Waals surface area contributed by atoms with Crippen molar-refractivity contribution in [1.29, 1.82) is 0 Å². The molecule has 3 atom stereocenters. The van der Waals surface area contributed by atoms with Gasteiger partial charge in [0, 0.05) is 12.6 Å². The van der Waals surface area contributed by atoms with E-state index in [9.17, 15) is 9.59 Å². The Morgan fingerprint density at radius 1 is 1.41 bits per heavy atom. The number of likely N-dealkylation sites (tertiary alicyclic amines) is 1. The summed E-state index contributed by atoms with van der Waals surface area (Å²) in [5.74, 6) is 0.792. The van der Waals surface area contributed by atoms with Crippen LogP contribution in [0.2, 0.25) is 0 Å². The topological polar surface area (TPSA) is 63.4 Å². The Balaban J connectivity index is 2.08. The highest BCUT2D eigenvalue weighted by Crippen LogP contribution is 2.45. The highest BCUT2D eigenvalue weighted by Gasteiger charge is 2.46. The molecule has 96 valence electrons. The lowest BCUT2D eigenvalue weighted by Gasteiger charge is -2.32. The number of rotatable bonds is 2. The van der Waals surface area contributed by atoms with E-state index in [4.69, 9.17) is 5.73 Å². The van der Waals surface area contributed by atoms with Crippen molar-refractivity contribution < 1.29 is 9.59 Å². The highest BCUT2D eigenvalue weighted by molar-refractivity contribution is 6.05. The van der Waals surface area contributed by atoms with Crippen LogP contribution in [0.15, 0.2) is 0 Å². The van der Waals surface area contributed by atoms with Crippen molar-refractivity contribution in [3.63, 3.8) is 0 Å². The molecular weight excluding hydrogens is 216 g/mol. The number of amides is 1. The first-order valence-corrected chi connectivity index (χ1v) is 6.36. The standard InChI is InChI=1S/C13H22N2O2/c1-8-5-13(2,3)10(12(8)14)7-15-6-9(16)4-11(15)17/h8,10,12H,4-7,14H2,1-3H3. The molecule has 1 aliphatic heterocycles. The maximum absolute atomic E-state index is 11.6. The predicted octanol–water partition coefficient (Wildman–Crippen LogP) is 0.797. The van der Waals surface area contributed by atoms with Crippen LogP contribution in [0.25, 0.3) is 0 Å². The van der Waals surface area contributed by atoms with Crippen molar-refractivity contribution in [2.45, 2.75) is 39.7 Å². The molecule has 1 saturated heterocycles. The van der Waals surface area contributed by atoms with Crippen LogP contribution in [-0.4, -0.2) is 35.7 Å². The summed E-state index contributed by atoms with van der Waals surface area (Å²) < 4.78 is 0. The fourth-order valence-electron chi connectivity index (χ4n) is 3.44. The van der Waals surface area contributed by atoms with Gasteiger partial charge < -0.3 is 10.6 Å². The summed E-state index contributed by atoms with van der Waals surface area (Å²) in [6.07, 6.45) is 1.17. The zero-order valence-electron chi connectivity index (χ0n) is 10.9. The zero-order chi connectivity index (χ0) is 12.8. The van der Waals surface area contributed by atoms with Crippen LogP contribution < -0.4 is 5.73 Å². The summed E-state index contributed by atoms with van der Waals surface area (Å²) in [6.45, 7) is 7.52. The Labute approximate surface area is 103 Å². The van der Waals surface area contributed by atoms with E-state index in [2.05, 4.69) is 20.8 Å². The van der Waals surface area contributed by atoms with Gasteiger partial charge in [-0.2, -0.15) is 0 Å². The molecule has 1 amide bonds. The molecule has 1 aliphatic carbocycles. The number of Topliss-reactive ketones (excluding diaryl/α,β-unsaturated/α-hetero) is 1. The minimum absolute atomic E-state index is 0.0300. The van der Waals surface area contributed by atoms with E-state index in [1.807, 2.05) is 0 Å². The van der Waals surface area contributed by atoms with Gasteiger partial charge in [-0.1, -0.05) is 20.8 Å². The lowest BCUT2D eigenvalue weighted by atomic mass is 9.80. The number of hydrogen-bond acceptors (Lipinski definition) is 3. The summed E-state index contributed by atoms with van der Waals surface area (Å²) in [4.78, 5) is 24.6. The summed E-state index contributed by atoms with van der Waals surface area (Å²) in [7, 11) is 0. The van der Waals surface area contributed by atoms with Crippen LogP contribution in [0.4, 0.5) is 0 Å². The van der Waals surface area contributed by atoms with Crippen molar-refractivity contribution in [3.8, 4) is 0 Å². The molecule has 2 fully saturated rings. The number of nitrogens with zero attached hydrogens (tertiary/aromatic N) is 1. The van der Waals surface area contributed by atoms with E-state index < -0.39 is 0 Å². The SMILES string of the molecule is CC1CC(C)(C)C(CN2CC(=O)CC2=O)C1N. The predicted molar refractivity (Wildman–Crippen MR) is 65.2 cm³/mol. The Bertz CT molecular complexity index is 351. The number of carbonyl (C=O) groups is 2. The molecule has 0 aromatic carbocycles. The lowest BCUT2D eigenvalue weighted by molar-refractivity contribution is -0.128. The number of nitrogens with two attached hydrogens (primary N) is 1. The first kappa shape index (κ1) is 12.6.